The Kier molecular flexibility index (Phi) is 22.4. The van der Waals surface area contributed by atoms with Crippen LogP contribution in [0, 0.1) is 0 Å². The predicted octanol–water partition coefficient (Wildman–Crippen LogP) is 6.09. The first-order valence-electron chi connectivity index (χ1n) is 9.60. The van der Waals surface area contributed by atoms with E-state index in [1.165, 1.54) is 77.0 Å². The third kappa shape index (κ3) is 21.7. The summed E-state index contributed by atoms with van der Waals surface area (Å²) < 4.78 is 4.05. The molecule has 0 amide bonds. The fourth-order valence-corrected chi connectivity index (χ4v) is 2.79. The predicted molar refractivity (Wildman–Crippen MR) is 99.4 cm³/mol. The third-order valence-electron chi connectivity index (χ3n) is 4.19. The molecule has 0 unspecified atom stereocenters. The molecule has 0 saturated heterocycles. The maximum atomic E-state index is 11.0. The molecule has 0 rings (SSSR count). The van der Waals surface area contributed by atoms with Crippen molar-refractivity contribution in [3.8, 4) is 0 Å². The summed E-state index contributed by atoms with van der Waals surface area (Å²) in [7, 11) is 0. The van der Waals surface area contributed by atoms with Gasteiger partial charge < -0.3 is 9.84 Å². The molecule has 0 aliphatic rings. The van der Waals surface area contributed by atoms with Gasteiger partial charge in [-0.15, -0.1) is 0 Å². The van der Waals surface area contributed by atoms with E-state index in [1.54, 1.807) is 0 Å². The van der Waals surface area contributed by atoms with E-state index in [-0.39, 0.29) is 29.5 Å². The van der Waals surface area contributed by atoms with Crippen LogP contribution in [0.4, 0.5) is 4.79 Å². The monoisotopic (exact) mass is 352 g/mol. The second kappa shape index (κ2) is 20.8. The maximum Gasteiger partial charge on any atom is 0.513 e. The second-order valence-electron chi connectivity index (χ2n) is 6.44. The highest BCUT2D eigenvalue weighted by Gasteiger charge is 2.07. The van der Waals surface area contributed by atoms with Gasteiger partial charge in [-0.1, -0.05) is 96.8 Å². The number of unbranched alkanes of at least 4 members (excludes halogenated alkanes) is 14. The van der Waals surface area contributed by atoms with Crippen molar-refractivity contribution >= 4 is 35.2 Å². The molecular weight excluding hydrogens is 317 g/mol. The summed E-state index contributed by atoms with van der Waals surface area (Å²) in [6.45, 7) is 2.26. The topological polar surface area (TPSA) is 63.6 Å². The molecule has 1 N–H and O–H groups in total. The molecule has 0 atom stereocenters. The van der Waals surface area contributed by atoms with Crippen LogP contribution in [0.1, 0.15) is 110 Å². The smallest absolute Gasteiger partial charge is 0.449 e. The zero-order valence-corrected chi connectivity index (χ0v) is 17.1. The molecule has 0 aromatic rings. The van der Waals surface area contributed by atoms with Gasteiger partial charge in [-0.3, -0.25) is 4.79 Å². The highest BCUT2D eigenvalue weighted by atomic mass is 24.3. The number of rotatable bonds is 16. The molecule has 0 saturated carbocycles. The first-order chi connectivity index (χ1) is 11.2. The summed E-state index contributed by atoms with van der Waals surface area (Å²) in [5.74, 6) is -0.632. The molecule has 0 bridgehead atoms. The summed E-state index contributed by atoms with van der Waals surface area (Å²) in [6.07, 6.45) is 17.8. The van der Waals surface area contributed by atoms with Gasteiger partial charge in [0.2, 0.25) is 0 Å². The minimum absolute atomic E-state index is 0. The van der Waals surface area contributed by atoms with Crippen LogP contribution < -0.4 is 0 Å². The van der Waals surface area contributed by atoms with Crippen molar-refractivity contribution in [2.24, 2.45) is 0 Å². The number of esters is 1. The van der Waals surface area contributed by atoms with Gasteiger partial charge in [-0.2, -0.15) is 0 Å². The highest BCUT2D eigenvalue weighted by Crippen LogP contribution is 2.13. The van der Waals surface area contributed by atoms with Gasteiger partial charge in [0.05, 0.1) is 0 Å². The van der Waals surface area contributed by atoms with Crippen LogP contribution in [0.5, 0.6) is 0 Å². The summed E-state index contributed by atoms with van der Waals surface area (Å²) in [6, 6.07) is 0. The van der Waals surface area contributed by atoms with Crippen molar-refractivity contribution in [3.63, 3.8) is 0 Å². The Labute approximate surface area is 164 Å². The number of hydrogen-bond acceptors (Lipinski definition) is 3. The van der Waals surface area contributed by atoms with Crippen LogP contribution in [0.2, 0.25) is 0 Å². The first-order valence-corrected chi connectivity index (χ1v) is 9.60. The molecule has 0 aliphatic heterocycles. The number of carboxylic acid groups (broad SMARTS) is 1. The van der Waals surface area contributed by atoms with Crippen molar-refractivity contribution in [3.05, 3.63) is 0 Å². The van der Waals surface area contributed by atoms with Crippen molar-refractivity contribution < 1.29 is 19.4 Å². The van der Waals surface area contributed by atoms with Crippen molar-refractivity contribution in [2.45, 2.75) is 110 Å². The Morgan fingerprint density at radius 1 is 0.667 bits per heavy atom. The zero-order valence-electron chi connectivity index (χ0n) is 15.7. The molecule has 0 aliphatic carbocycles. The van der Waals surface area contributed by atoms with Crippen LogP contribution in [0.25, 0.3) is 0 Å². The number of carbonyl (C=O) groups excluding carboxylic acids is 1. The fraction of sp³-hybridized carbons (Fsp3) is 0.895. The number of carbonyl (C=O) groups is 2. The van der Waals surface area contributed by atoms with E-state index in [2.05, 4.69) is 11.7 Å². The summed E-state index contributed by atoms with van der Waals surface area (Å²) in [5.41, 5.74) is 0. The minimum Gasteiger partial charge on any atom is -0.449 e. The van der Waals surface area contributed by atoms with Gasteiger partial charge in [0.15, 0.2) is 0 Å². The molecule has 24 heavy (non-hydrogen) atoms. The molecule has 0 heterocycles. The number of ether oxygens (including phenoxy) is 1. The summed E-state index contributed by atoms with van der Waals surface area (Å²) in [5, 5.41) is 8.27. The SMILES string of the molecule is CCCCCCCCCCCCCCCCCC(=O)OC(=O)O.[Mg]. The lowest BCUT2D eigenvalue weighted by Gasteiger charge is -2.03. The van der Waals surface area contributed by atoms with E-state index in [9.17, 15) is 9.59 Å². The maximum absolute atomic E-state index is 11.0. The van der Waals surface area contributed by atoms with E-state index in [4.69, 9.17) is 5.11 Å². The van der Waals surface area contributed by atoms with E-state index >= 15 is 0 Å². The Balaban J connectivity index is 0. The molecule has 138 valence electrons. The van der Waals surface area contributed by atoms with Crippen LogP contribution in [0.15, 0.2) is 0 Å². The molecule has 0 aromatic carbocycles. The average Bonchev–Trinajstić information content (AvgIpc) is 2.50. The molecule has 0 fully saturated rings. The van der Waals surface area contributed by atoms with Gasteiger partial charge in [0, 0.05) is 29.5 Å². The van der Waals surface area contributed by atoms with Crippen molar-refractivity contribution in [1.82, 2.24) is 0 Å². The molecular formula is C19H36MgO4. The average molecular weight is 353 g/mol. The van der Waals surface area contributed by atoms with Crippen LogP contribution in [-0.2, 0) is 9.53 Å². The van der Waals surface area contributed by atoms with E-state index in [0.717, 1.165) is 19.3 Å². The lowest BCUT2D eigenvalue weighted by molar-refractivity contribution is -0.139. The molecule has 4 nitrogen and oxygen atoms in total. The van der Waals surface area contributed by atoms with Crippen molar-refractivity contribution in [2.75, 3.05) is 0 Å². The van der Waals surface area contributed by atoms with Gasteiger partial charge in [0.1, 0.15) is 0 Å². The normalized spacial score (nSPS) is 10.2. The lowest BCUT2D eigenvalue weighted by atomic mass is 10.0. The van der Waals surface area contributed by atoms with Crippen molar-refractivity contribution in [1.29, 1.82) is 0 Å². The van der Waals surface area contributed by atoms with Gasteiger partial charge in [-0.05, 0) is 6.42 Å². The van der Waals surface area contributed by atoms with Gasteiger partial charge >= 0.3 is 12.1 Å². The Morgan fingerprint density at radius 3 is 1.33 bits per heavy atom. The Morgan fingerprint density at radius 2 is 1.00 bits per heavy atom. The number of hydrogen-bond donors (Lipinski definition) is 1. The third-order valence-corrected chi connectivity index (χ3v) is 4.19. The standard InChI is InChI=1S/C19H36O4.Mg/c1-2-3-4-5-6-7-8-9-10-11-12-13-14-15-16-17-18(20)23-19(21)22;/h2-17H2,1H3,(H,21,22);. The van der Waals surface area contributed by atoms with Crippen LogP contribution in [-0.4, -0.2) is 40.3 Å². The highest BCUT2D eigenvalue weighted by molar-refractivity contribution is 5.80. The quantitative estimate of drug-likeness (QED) is 0.158. The Bertz CT molecular complexity index is 295. The Hall–Kier alpha value is -0.294. The largest absolute Gasteiger partial charge is 0.513 e. The second-order valence-corrected chi connectivity index (χ2v) is 6.44. The fourth-order valence-electron chi connectivity index (χ4n) is 2.79. The van der Waals surface area contributed by atoms with Gasteiger partial charge in [0.25, 0.3) is 0 Å². The summed E-state index contributed by atoms with van der Waals surface area (Å²) >= 11 is 0. The summed E-state index contributed by atoms with van der Waals surface area (Å²) in [4.78, 5) is 21.1. The van der Waals surface area contributed by atoms with E-state index < -0.39 is 12.1 Å². The minimum atomic E-state index is -1.50. The van der Waals surface area contributed by atoms with Crippen LogP contribution >= 0.6 is 0 Å². The van der Waals surface area contributed by atoms with Crippen LogP contribution in [0.3, 0.4) is 0 Å². The lowest BCUT2D eigenvalue weighted by Crippen LogP contribution is -2.09. The first kappa shape index (κ1) is 25.9. The molecule has 0 spiro atoms. The van der Waals surface area contributed by atoms with E-state index in [1.807, 2.05) is 0 Å². The van der Waals surface area contributed by atoms with Gasteiger partial charge in [-0.25, -0.2) is 4.79 Å². The van der Waals surface area contributed by atoms with E-state index in [0.29, 0.717) is 0 Å². The molecule has 0 aromatic heterocycles. The zero-order chi connectivity index (χ0) is 17.2. The molecule has 2 radical (unpaired) electrons. The molecule has 5 heteroatoms.